The highest BCUT2D eigenvalue weighted by atomic mass is 32.2. The van der Waals surface area contributed by atoms with Crippen LogP contribution in [0.4, 0.5) is 11.6 Å². The molecule has 158 valence electrons. The lowest BCUT2D eigenvalue weighted by Crippen LogP contribution is -2.24. The molecule has 1 aromatic carbocycles. The summed E-state index contributed by atoms with van der Waals surface area (Å²) in [6.45, 7) is 0. The number of nitrogens with one attached hydrogen (secondary N) is 2. The molecular weight excluding hydrogens is 434 g/mol. The smallest absolute Gasteiger partial charge is 0.232 e. The first kappa shape index (κ1) is 20.0. The Kier molecular flexibility index (Phi) is 5.34. The molecule has 1 fully saturated rings. The number of benzene rings is 1. The Morgan fingerprint density at radius 3 is 2.71 bits per heavy atom. The van der Waals surface area contributed by atoms with Gasteiger partial charge in [0.05, 0.1) is 28.3 Å². The molecule has 0 radical (unpaired) electrons. The van der Waals surface area contributed by atoms with Crippen molar-refractivity contribution in [1.82, 2.24) is 15.0 Å². The lowest BCUT2D eigenvalue weighted by Gasteiger charge is -2.28. The summed E-state index contributed by atoms with van der Waals surface area (Å²) in [7, 11) is 0. The first-order valence-electron chi connectivity index (χ1n) is 9.74. The number of hydrogen-bond donors (Lipinski definition) is 2. The second-order valence-corrected chi connectivity index (χ2v) is 8.96. The topological polar surface area (TPSA) is 114 Å². The average molecular weight is 453 g/mol. The monoisotopic (exact) mass is 452 g/mol. The van der Waals surface area contributed by atoms with Gasteiger partial charge in [-0.1, -0.05) is 12.1 Å². The van der Waals surface area contributed by atoms with Gasteiger partial charge in [-0.2, -0.15) is 4.98 Å². The van der Waals surface area contributed by atoms with E-state index in [4.69, 9.17) is 0 Å². The van der Waals surface area contributed by atoms with Gasteiger partial charge in [-0.05, 0) is 48.6 Å². The zero-order valence-corrected chi connectivity index (χ0v) is 17.9. The third-order valence-electron chi connectivity index (χ3n) is 5.08. The van der Waals surface area contributed by atoms with Gasteiger partial charge in [0.1, 0.15) is 5.65 Å². The van der Waals surface area contributed by atoms with E-state index in [1.165, 1.54) is 4.31 Å². The second kappa shape index (κ2) is 8.29. The molecule has 3 aromatic rings. The van der Waals surface area contributed by atoms with Crippen molar-refractivity contribution >= 4 is 51.6 Å². The molecule has 31 heavy (non-hydrogen) atoms. The summed E-state index contributed by atoms with van der Waals surface area (Å²) in [5.41, 5.74) is 3.21. The lowest BCUT2D eigenvalue weighted by atomic mass is 10.1. The maximum atomic E-state index is 12.2. The normalized spacial score (nSPS) is 16.7. The number of fused-ring (bicyclic) bond motifs is 1. The number of anilines is 2. The third-order valence-corrected chi connectivity index (χ3v) is 6.49. The summed E-state index contributed by atoms with van der Waals surface area (Å²) in [6, 6.07) is 8.99. The molecule has 10 heteroatoms. The van der Waals surface area contributed by atoms with Crippen molar-refractivity contribution < 1.29 is 13.6 Å². The number of allylic oxidation sites excluding steroid dienone is 1. The van der Waals surface area contributed by atoms with E-state index in [9.17, 15) is 13.6 Å². The number of H-pyrrole nitrogens is 1. The molecule has 0 bridgehead atoms. The summed E-state index contributed by atoms with van der Waals surface area (Å²) in [5.74, 6) is 0.960. The van der Waals surface area contributed by atoms with Crippen LogP contribution in [0.2, 0.25) is 0 Å². The number of carbonyl (C=O) groups is 1. The van der Waals surface area contributed by atoms with Crippen molar-refractivity contribution in [3.8, 4) is 11.3 Å². The van der Waals surface area contributed by atoms with Crippen LogP contribution in [0.1, 0.15) is 12.8 Å². The van der Waals surface area contributed by atoms with Crippen LogP contribution in [0.3, 0.4) is 0 Å². The molecule has 1 aliphatic heterocycles. The summed E-state index contributed by atoms with van der Waals surface area (Å²) >= 11 is -0.847. The molecule has 3 heterocycles. The van der Waals surface area contributed by atoms with Gasteiger partial charge in [0, 0.05) is 28.8 Å². The molecule has 2 aromatic heterocycles. The Labute approximate surface area is 185 Å². The highest BCUT2D eigenvalue weighted by Crippen LogP contribution is 2.32. The van der Waals surface area contributed by atoms with E-state index in [0.29, 0.717) is 22.7 Å². The van der Waals surface area contributed by atoms with E-state index in [1.807, 2.05) is 29.7 Å². The average Bonchev–Trinajstić information content (AvgIpc) is 3.52. The molecule has 2 N–H and O–H groups in total. The van der Waals surface area contributed by atoms with E-state index in [-0.39, 0.29) is 17.8 Å². The lowest BCUT2D eigenvalue weighted by molar-refractivity contribution is -0.117. The van der Waals surface area contributed by atoms with Crippen LogP contribution in [0.25, 0.3) is 22.3 Å². The minimum absolute atomic E-state index is 0.0474. The zero-order valence-electron chi connectivity index (χ0n) is 16.3. The largest absolute Gasteiger partial charge is 0.755 e. The van der Waals surface area contributed by atoms with Crippen molar-refractivity contribution in [1.29, 1.82) is 0 Å². The van der Waals surface area contributed by atoms with Crippen LogP contribution in [0, 0.1) is 5.92 Å². The van der Waals surface area contributed by atoms with E-state index >= 15 is 0 Å². The predicted octanol–water partition coefficient (Wildman–Crippen LogP) is 3.72. The van der Waals surface area contributed by atoms with Crippen molar-refractivity contribution in [2.24, 2.45) is 5.92 Å². The number of rotatable bonds is 6. The van der Waals surface area contributed by atoms with Crippen LogP contribution in [-0.2, 0) is 16.1 Å². The first-order chi connectivity index (χ1) is 15.1. The number of thioether (sulfide) groups is 1. The predicted molar refractivity (Wildman–Crippen MR) is 122 cm³/mol. The number of aromatic nitrogens is 3. The fourth-order valence-corrected chi connectivity index (χ4v) is 4.59. The highest BCUT2D eigenvalue weighted by Gasteiger charge is 2.30. The van der Waals surface area contributed by atoms with Gasteiger partial charge in [0.15, 0.2) is 0 Å². The summed E-state index contributed by atoms with van der Waals surface area (Å²) in [4.78, 5) is 24.2. The Morgan fingerprint density at radius 1 is 1.23 bits per heavy atom. The Morgan fingerprint density at radius 2 is 2.03 bits per heavy atom. The molecule has 1 saturated carbocycles. The standard InChI is InChI=1S/C21H19N5O3S2/c27-20(14-1-2-14)25-21-23-18(17-7-10-22-19(17)24-21)13-3-5-15(6-4-13)26(31(28)29)16-8-11-30-12-9-16/h3-11,14H,1-2,12H2,(H,28,29)(H2,22,23,24,25,27)/p-1. The van der Waals surface area contributed by atoms with Gasteiger partial charge >= 0.3 is 0 Å². The van der Waals surface area contributed by atoms with Gasteiger partial charge < -0.3 is 9.54 Å². The second-order valence-electron chi connectivity index (χ2n) is 7.22. The molecule has 1 aliphatic carbocycles. The third kappa shape index (κ3) is 4.14. The molecular formula is C21H18N5O3S2-. The number of hydrogen-bond acceptors (Lipinski definition) is 6. The molecule has 0 saturated heterocycles. The molecule has 2 aliphatic rings. The van der Waals surface area contributed by atoms with Crippen LogP contribution in [0.5, 0.6) is 0 Å². The van der Waals surface area contributed by atoms with Gasteiger partial charge in [-0.3, -0.25) is 18.6 Å². The first-order valence-corrected chi connectivity index (χ1v) is 11.8. The van der Waals surface area contributed by atoms with Crippen molar-refractivity contribution in [2.45, 2.75) is 12.8 Å². The molecule has 0 spiro atoms. The van der Waals surface area contributed by atoms with Gasteiger partial charge in [0.2, 0.25) is 11.9 Å². The van der Waals surface area contributed by atoms with E-state index in [2.05, 4.69) is 20.3 Å². The van der Waals surface area contributed by atoms with Crippen molar-refractivity contribution in [3.05, 3.63) is 59.8 Å². The molecule has 1 atom stereocenters. The number of nitrogens with zero attached hydrogens (tertiary/aromatic N) is 3. The Hall–Kier alpha value is -2.95. The van der Waals surface area contributed by atoms with Gasteiger partial charge in [0.25, 0.3) is 0 Å². The zero-order chi connectivity index (χ0) is 21.4. The highest BCUT2D eigenvalue weighted by molar-refractivity contribution is 8.02. The van der Waals surface area contributed by atoms with Crippen LogP contribution < -0.4 is 9.62 Å². The van der Waals surface area contributed by atoms with E-state index < -0.39 is 11.3 Å². The number of carbonyl (C=O) groups excluding carboxylic acids is 1. The van der Waals surface area contributed by atoms with Crippen LogP contribution in [0.15, 0.2) is 59.8 Å². The van der Waals surface area contributed by atoms with Gasteiger partial charge in [-0.15, -0.1) is 11.8 Å². The van der Waals surface area contributed by atoms with Crippen LogP contribution >= 0.6 is 11.8 Å². The maximum absolute atomic E-state index is 12.2. The minimum atomic E-state index is -2.45. The maximum Gasteiger partial charge on any atom is 0.232 e. The van der Waals surface area contributed by atoms with Crippen molar-refractivity contribution in [3.63, 3.8) is 0 Å². The Bertz CT molecular complexity index is 1230. The fourth-order valence-electron chi connectivity index (χ4n) is 3.38. The summed E-state index contributed by atoms with van der Waals surface area (Å²) in [6.07, 6.45) is 7.21. The van der Waals surface area contributed by atoms with Gasteiger partial charge in [-0.25, -0.2) is 4.98 Å². The molecule has 1 unspecified atom stereocenters. The van der Waals surface area contributed by atoms with E-state index in [0.717, 1.165) is 29.5 Å². The quantitative estimate of drug-likeness (QED) is 0.551. The molecule has 5 rings (SSSR count). The van der Waals surface area contributed by atoms with E-state index in [1.54, 1.807) is 36.2 Å². The summed E-state index contributed by atoms with van der Waals surface area (Å²) in [5, 5.41) is 5.49. The van der Waals surface area contributed by atoms with Crippen molar-refractivity contribution in [2.75, 3.05) is 15.4 Å². The molecule has 1 amide bonds. The summed E-state index contributed by atoms with van der Waals surface area (Å²) < 4.78 is 25.0. The SMILES string of the molecule is O=C(Nc1nc(-c2ccc(N(C3=CCSC=C3)S(=O)[O-])cc2)c2cc[nH]c2n1)C1CC1. The minimum Gasteiger partial charge on any atom is -0.755 e. The number of amides is 1. The number of aromatic amines is 1. The van der Waals surface area contributed by atoms with Crippen LogP contribution in [-0.4, -0.2) is 35.4 Å². The Balaban J connectivity index is 1.49. The fraction of sp³-hybridized carbons (Fsp3) is 0.190. The molecule has 8 nitrogen and oxygen atoms in total.